The Morgan fingerprint density at radius 3 is 2.89 bits per heavy atom. The van der Waals surface area contributed by atoms with Crippen LogP contribution in [-0.2, 0) is 0 Å². The summed E-state index contributed by atoms with van der Waals surface area (Å²) >= 11 is 0. The molecular formula is C15H18N2O2. The second kappa shape index (κ2) is 6.73. The monoisotopic (exact) mass is 258 g/mol. The minimum absolute atomic E-state index is 0.108. The third-order valence-electron chi connectivity index (χ3n) is 2.86. The van der Waals surface area contributed by atoms with Crippen molar-refractivity contribution in [1.29, 1.82) is 0 Å². The van der Waals surface area contributed by atoms with Gasteiger partial charge in [0.05, 0.1) is 6.20 Å². The topological polar surface area (TPSA) is 55.2 Å². The van der Waals surface area contributed by atoms with Gasteiger partial charge in [-0.1, -0.05) is 25.5 Å². The van der Waals surface area contributed by atoms with Gasteiger partial charge in [-0.15, -0.1) is 0 Å². The van der Waals surface area contributed by atoms with Crippen LogP contribution in [0.15, 0.2) is 42.9 Å². The van der Waals surface area contributed by atoms with Crippen molar-refractivity contribution in [3.8, 4) is 11.6 Å². The van der Waals surface area contributed by atoms with Gasteiger partial charge in [-0.05, 0) is 30.5 Å². The van der Waals surface area contributed by atoms with Crippen LogP contribution < -0.4 is 4.74 Å². The Labute approximate surface area is 113 Å². The van der Waals surface area contributed by atoms with Crippen LogP contribution in [0.1, 0.15) is 37.9 Å². The van der Waals surface area contributed by atoms with Gasteiger partial charge in [0.15, 0.2) is 0 Å². The molecule has 4 heteroatoms. The Morgan fingerprint density at radius 2 is 2.21 bits per heavy atom. The zero-order valence-corrected chi connectivity index (χ0v) is 11.0. The molecule has 1 atom stereocenters. The molecule has 2 aromatic rings. The molecule has 0 amide bonds. The molecule has 0 bridgehead atoms. The first kappa shape index (κ1) is 13.3. The molecule has 1 aromatic heterocycles. The van der Waals surface area contributed by atoms with Gasteiger partial charge < -0.3 is 9.84 Å². The highest BCUT2D eigenvalue weighted by molar-refractivity contribution is 5.29. The van der Waals surface area contributed by atoms with E-state index in [1.807, 2.05) is 12.1 Å². The van der Waals surface area contributed by atoms with Crippen LogP contribution in [0.4, 0.5) is 0 Å². The highest BCUT2D eigenvalue weighted by Gasteiger charge is 2.14. The molecule has 1 heterocycles. The van der Waals surface area contributed by atoms with Gasteiger partial charge in [-0.3, -0.25) is 4.98 Å². The van der Waals surface area contributed by atoms with Gasteiger partial charge in [0.2, 0.25) is 5.88 Å². The summed E-state index contributed by atoms with van der Waals surface area (Å²) in [4.78, 5) is 8.12. The first-order chi connectivity index (χ1) is 9.29. The van der Waals surface area contributed by atoms with Crippen molar-refractivity contribution < 1.29 is 9.84 Å². The molecule has 2 rings (SSSR count). The Kier molecular flexibility index (Phi) is 4.72. The number of phenolic OH excluding ortho intramolecular Hbond substituents is 1. The van der Waals surface area contributed by atoms with Crippen LogP contribution in [0.25, 0.3) is 0 Å². The number of hydrogen-bond acceptors (Lipinski definition) is 4. The average Bonchev–Trinajstić information content (AvgIpc) is 2.44. The van der Waals surface area contributed by atoms with Crippen molar-refractivity contribution in [3.05, 3.63) is 48.4 Å². The molecule has 1 unspecified atom stereocenters. The Balaban J connectivity index is 2.16. The van der Waals surface area contributed by atoms with Crippen molar-refractivity contribution in [3.63, 3.8) is 0 Å². The fraction of sp³-hybridized carbons (Fsp3) is 0.333. The standard InChI is InChI=1S/C15H18N2O2/c1-2-3-7-14(12-5-4-6-13(18)10-12)19-15-11-16-8-9-17-15/h4-6,8-11,14,18H,2-3,7H2,1H3. The number of phenols is 1. The van der Waals surface area contributed by atoms with E-state index < -0.39 is 0 Å². The summed E-state index contributed by atoms with van der Waals surface area (Å²) in [5.74, 6) is 0.758. The van der Waals surface area contributed by atoms with Crippen molar-refractivity contribution >= 4 is 0 Å². The quantitative estimate of drug-likeness (QED) is 0.861. The molecule has 0 aliphatic carbocycles. The fourth-order valence-corrected chi connectivity index (χ4v) is 1.90. The minimum atomic E-state index is -0.108. The van der Waals surface area contributed by atoms with Crippen LogP contribution in [0.5, 0.6) is 11.6 Å². The van der Waals surface area contributed by atoms with E-state index in [1.165, 1.54) is 0 Å². The second-order valence-electron chi connectivity index (χ2n) is 4.39. The van der Waals surface area contributed by atoms with Crippen molar-refractivity contribution in [2.24, 2.45) is 0 Å². The summed E-state index contributed by atoms with van der Waals surface area (Å²) in [6.45, 7) is 2.14. The molecule has 0 spiro atoms. The molecule has 0 fully saturated rings. The molecule has 1 aromatic carbocycles. The van der Waals surface area contributed by atoms with Gasteiger partial charge in [-0.25, -0.2) is 4.98 Å². The fourth-order valence-electron chi connectivity index (χ4n) is 1.90. The van der Waals surface area contributed by atoms with E-state index in [9.17, 15) is 5.11 Å². The number of ether oxygens (including phenoxy) is 1. The Hall–Kier alpha value is -2.10. The normalized spacial score (nSPS) is 12.1. The molecule has 19 heavy (non-hydrogen) atoms. The lowest BCUT2D eigenvalue weighted by molar-refractivity contribution is 0.182. The molecule has 1 N–H and O–H groups in total. The smallest absolute Gasteiger partial charge is 0.232 e. The number of unbranched alkanes of at least 4 members (excludes halogenated alkanes) is 1. The van der Waals surface area contributed by atoms with E-state index in [4.69, 9.17) is 4.74 Å². The number of rotatable bonds is 6. The predicted molar refractivity (Wildman–Crippen MR) is 73.0 cm³/mol. The van der Waals surface area contributed by atoms with Crippen molar-refractivity contribution in [2.45, 2.75) is 32.3 Å². The molecule has 4 nitrogen and oxygen atoms in total. The number of nitrogens with zero attached hydrogens (tertiary/aromatic N) is 2. The molecule has 0 aliphatic heterocycles. The summed E-state index contributed by atoms with van der Waals surface area (Å²) < 4.78 is 5.87. The summed E-state index contributed by atoms with van der Waals surface area (Å²) in [5.41, 5.74) is 0.958. The van der Waals surface area contributed by atoms with E-state index in [-0.39, 0.29) is 11.9 Å². The summed E-state index contributed by atoms with van der Waals surface area (Å²) in [5, 5.41) is 9.57. The summed E-state index contributed by atoms with van der Waals surface area (Å²) in [6, 6.07) is 7.17. The predicted octanol–water partition coefficient (Wildman–Crippen LogP) is 3.49. The van der Waals surface area contributed by atoms with Crippen LogP contribution in [0.3, 0.4) is 0 Å². The third kappa shape index (κ3) is 3.95. The molecule has 0 radical (unpaired) electrons. The van der Waals surface area contributed by atoms with E-state index in [0.29, 0.717) is 5.88 Å². The summed E-state index contributed by atoms with van der Waals surface area (Å²) in [6.07, 6.45) is 7.75. The van der Waals surface area contributed by atoms with E-state index >= 15 is 0 Å². The van der Waals surface area contributed by atoms with E-state index in [1.54, 1.807) is 30.7 Å². The zero-order chi connectivity index (χ0) is 13.5. The first-order valence-electron chi connectivity index (χ1n) is 6.51. The molecule has 0 saturated carbocycles. The average molecular weight is 258 g/mol. The molecular weight excluding hydrogens is 240 g/mol. The third-order valence-corrected chi connectivity index (χ3v) is 2.86. The van der Waals surface area contributed by atoms with Gasteiger partial charge in [-0.2, -0.15) is 0 Å². The van der Waals surface area contributed by atoms with Gasteiger partial charge in [0, 0.05) is 12.4 Å². The van der Waals surface area contributed by atoms with E-state index in [2.05, 4.69) is 16.9 Å². The lowest BCUT2D eigenvalue weighted by Crippen LogP contribution is -2.08. The van der Waals surface area contributed by atoms with E-state index in [0.717, 1.165) is 24.8 Å². The van der Waals surface area contributed by atoms with Gasteiger partial charge in [0.1, 0.15) is 11.9 Å². The number of benzene rings is 1. The molecule has 100 valence electrons. The maximum atomic E-state index is 9.57. The first-order valence-corrected chi connectivity index (χ1v) is 6.51. The Bertz CT molecular complexity index is 503. The Morgan fingerprint density at radius 1 is 1.32 bits per heavy atom. The van der Waals surface area contributed by atoms with Crippen LogP contribution in [0, 0.1) is 0 Å². The van der Waals surface area contributed by atoms with Crippen LogP contribution >= 0.6 is 0 Å². The lowest BCUT2D eigenvalue weighted by atomic mass is 10.0. The molecule has 0 aliphatic rings. The maximum Gasteiger partial charge on any atom is 0.232 e. The highest BCUT2D eigenvalue weighted by Crippen LogP contribution is 2.27. The lowest BCUT2D eigenvalue weighted by Gasteiger charge is -2.18. The highest BCUT2D eigenvalue weighted by atomic mass is 16.5. The minimum Gasteiger partial charge on any atom is -0.508 e. The second-order valence-corrected chi connectivity index (χ2v) is 4.39. The number of aromatic hydroxyl groups is 1. The van der Waals surface area contributed by atoms with Crippen molar-refractivity contribution in [2.75, 3.05) is 0 Å². The van der Waals surface area contributed by atoms with Crippen LogP contribution in [-0.4, -0.2) is 15.1 Å². The SMILES string of the molecule is CCCCC(Oc1cnccn1)c1cccc(O)c1. The van der Waals surface area contributed by atoms with Crippen LogP contribution in [0.2, 0.25) is 0 Å². The summed E-state index contributed by atoms with van der Waals surface area (Å²) in [7, 11) is 0. The zero-order valence-electron chi connectivity index (χ0n) is 11.0. The maximum absolute atomic E-state index is 9.57. The van der Waals surface area contributed by atoms with Gasteiger partial charge in [0.25, 0.3) is 0 Å². The van der Waals surface area contributed by atoms with Crippen molar-refractivity contribution in [1.82, 2.24) is 9.97 Å². The number of aromatic nitrogens is 2. The molecule has 0 saturated heterocycles. The largest absolute Gasteiger partial charge is 0.508 e. The van der Waals surface area contributed by atoms with Gasteiger partial charge >= 0.3 is 0 Å². The number of hydrogen-bond donors (Lipinski definition) is 1.